The van der Waals surface area contributed by atoms with Crippen molar-refractivity contribution in [1.29, 1.82) is 0 Å². The van der Waals surface area contributed by atoms with E-state index in [4.69, 9.17) is 0 Å². The number of pyridine rings is 1. The largest absolute Gasteiger partial charge is 0.350 e. The van der Waals surface area contributed by atoms with Gasteiger partial charge in [0, 0.05) is 24.7 Å². The monoisotopic (exact) mass is 337 g/mol. The molecule has 7 nitrogen and oxygen atoms in total. The number of nitro benzene ring substituents is 1. The minimum absolute atomic E-state index is 0.0212. The van der Waals surface area contributed by atoms with Crippen LogP contribution >= 0.6 is 0 Å². The Morgan fingerprint density at radius 3 is 2.60 bits per heavy atom. The number of aryl methyl sites for hydroxylation is 1. The first kappa shape index (κ1) is 16.4. The molecule has 1 N–H and O–H groups in total. The second-order valence-corrected chi connectivity index (χ2v) is 5.66. The van der Waals surface area contributed by atoms with E-state index in [1.54, 1.807) is 42.8 Å². The van der Waals surface area contributed by atoms with Gasteiger partial charge >= 0.3 is 0 Å². The zero-order chi connectivity index (χ0) is 18.1. The first-order valence-corrected chi connectivity index (χ1v) is 7.54. The lowest BCUT2D eigenvalue weighted by atomic mass is 10.1. The van der Waals surface area contributed by atoms with Gasteiger partial charge in [0.15, 0.2) is 0 Å². The maximum absolute atomic E-state index is 12.6. The van der Waals surface area contributed by atoms with E-state index in [-0.39, 0.29) is 16.7 Å². The fourth-order valence-electron chi connectivity index (χ4n) is 2.75. The zero-order valence-electron chi connectivity index (χ0n) is 13.6. The summed E-state index contributed by atoms with van der Waals surface area (Å²) in [6, 6.07) is 11.4. The van der Waals surface area contributed by atoms with Crippen LogP contribution in [0.4, 0.5) is 11.4 Å². The molecule has 0 unspecified atom stereocenters. The average molecular weight is 337 g/mol. The third-order valence-corrected chi connectivity index (χ3v) is 4.09. The fraction of sp³-hybridized carbons (Fsp3) is 0.111. The lowest BCUT2D eigenvalue weighted by molar-refractivity contribution is -0.385. The summed E-state index contributed by atoms with van der Waals surface area (Å²) in [7, 11) is 1.75. The van der Waals surface area contributed by atoms with Crippen LogP contribution in [0.25, 0.3) is 10.9 Å². The van der Waals surface area contributed by atoms with Crippen LogP contribution in [0.2, 0.25) is 0 Å². The number of hydrogen-bond donors (Lipinski definition) is 1. The van der Waals surface area contributed by atoms with Gasteiger partial charge in [-0.2, -0.15) is 0 Å². The number of para-hydroxylation sites is 1. The molecule has 3 aromatic rings. The van der Waals surface area contributed by atoms with Gasteiger partial charge in [0.05, 0.1) is 21.7 Å². The molecular weight excluding hydrogens is 322 g/mol. The van der Waals surface area contributed by atoms with Crippen molar-refractivity contribution in [3.8, 4) is 0 Å². The maximum Gasteiger partial charge on any atom is 0.274 e. The molecule has 0 aliphatic heterocycles. The Bertz CT molecular complexity index is 1070. The topological polar surface area (TPSA) is 94.2 Å². The summed E-state index contributed by atoms with van der Waals surface area (Å²) >= 11 is 0. The Morgan fingerprint density at radius 1 is 1.16 bits per heavy atom. The Morgan fingerprint density at radius 2 is 1.88 bits per heavy atom. The van der Waals surface area contributed by atoms with Crippen LogP contribution in [0, 0.1) is 17.0 Å². The molecule has 1 aromatic heterocycles. The van der Waals surface area contributed by atoms with Crippen molar-refractivity contribution >= 4 is 28.2 Å². The van der Waals surface area contributed by atoms with E-state index in [2.05, 4.69) is 5.32 Å². The SMILES string of the molecule is Cc1c(NC(=O)c2cn(C)c3ccccc3c2=O)cccc1[N+](=O)[O-]. The molecule has 2 aromatic carbocycles. The number of nitrogens with one attached hydrogen (secondary N) is 1. The number of benzene rings is 2. The summed E-state index contributed by atoms with van der Waals surface area (Å²) in [5.41, 5.74) is 0.856. The van der Waals surface area contributed by atoms with E-state index in [0.29, 0.717) is 16.6 Å². The summed E-state index contributed by atoms with van der Waals surface area (Å²) in [5, 5.41) is 14.1. The first-order chi connectivity index (χ1) is 11.9. The van der Waals surface area contributed by atoms with Crippen LogP contribution in [0.5, 0.6) is 0 Å². The van der Waals surface area contributed by atoms with Crippen molar-refractivity contribution in [2.45, 2.75) is 6.92 Å². The minimum Gasteiger partial charge on any atom is -0.350 e. The van der Waals surface area contributed by atoms with Gasteiger partial charge in [0.2, 0.25) is 5.43 Å². The van der Waals surface area contributed by atoms with E-state index in [9.17, 15) is 19.7 Å². The van der Waals surface area contributed by atoms with Crippen molar-refractivity contribution in [2.75, 3.05) is 5.32 Å². The molecule has 126 valence electrons. The standard InChI is InChI=1S/C18H15N3O4/c1-11-14(7-5-9-15(11)21(24)25)19-18(23)13-10-20(2)16-8-4-3-6-12(16)17(13)22/h3-10H,1-2H3,(H,19,23). The molecule has 0 fully saturated rings. The molecule has 0 saturated heterocycles. The predicted octanol–water partition coefficient (Wildman–Crippen LogP) is 3.01. The summed E-state index contributed by atoms with van der Waals surface area (Å²) in [6.07, 6.45) is 1.46. The molecule has 0 atom stereocenters. The normalized spacial score (nSPS) is 10.6. The maximum atomic E-state index is 12.6. The third-order valence-electron chi connectivity index (χ3n) is 4.09. The number of carbonyl (C=O) groups excluding carboxylic acids is 1. The Kier molecular flexibility index (Phi) is 4.06. The van der Waals surface area contributed by atoms with Gasteiger partial charge < -0.3 is 9.88 Å². The summed E-state index contributed by atoms with van der Waals surface area (Å²) < 4.78 is 1.70. The average Bonchev–Trinajstić information content (AvgIpc) is 2.59. The molecule has 25 heavy (non-hydrogen) atoms. The van der Waals surface area contributed by atoms with E-state index >= 15 is 0 Å². The lowest BCUT2D eigenvalue weighted by Crippen LogP contribution is -2.23. The number of rotatable bonds is 3. The highest BCUT2D eigenvalue weighted by atomic mass is 16.6. The highest BCUT2D eigenvalue weighted by Gasteiger charge is 2.18. The molecule has 0 saturated carbocycles. The Hall–Kier alpha value is -3.48. The van der Waals surface area contributed by atoms with Gasteiger partial charge in [-0.25, -0.2) is 0 Å². The number of fused-ring (bicyclic) bond motifs is 1. The zero-order valence-corrected chi connectivity index (χ0v) is 13.6. The number of nitrogens with zero attached hydrogens (tertiary/aromatic N) is 2. The van der Waals surface area contributed by atoms with E-state index in [1.165, 1.54) is 18.3 Å². The second kappa shape index (κ2) is 6.20. The summed E-state index contributed by atoms with van der Waals surface area (Å²) in [6.45, 7) is 1.55. The van der Waals surface area contributed by atoms with Crippen LogP contribution < -0.4 is 10.7 Å². The van der Waals surface area contributed by atoms with E-state index in [0.717, 1.165) is 5.52 Å². The molecule has 0 aliphatic carbocycles. The van der Waals surface area contributed by atoms with Crippen LogP contribution in [-0.2, 0) is 7.05 Å². The van der Waals surface area contributed by atoms with Crippen LogP contribution in [0.1, 0.15) is 15.9 Å². The molecule has 0 spiro atoms. The highest BCUT2D eigenvalue weighted by Crippen LogP contribution is 2.25. The number of aromatic nitrogens is 1. The molecule has 7 heteroatoms. The van der Waals surface area contributed by atoms with Gasteiger partial charge in [-0.3, -0.25) is 19.7 Å². The van der Waals surface area contributed by atoms with Crippen molar-refractivity contribution in [3.63, 3.8) is 0 Å². The van der Waals surface area contributed by atoms with Crippen LogP contribution in [0.15, 0.2) is 53.5 Å². The number of hydrogen-bond acceptors (Lipinski definition) is 4. The number of carbonyl (C=O) groups is 1. The van der Waals surface area contributed by atoms with E-state index < -0.39 is 10.8 Å². The van der Waals surface area contributed by atoms with Crippen molar-refractivity contribution in [1.82, 2.24) is 4.57 Å². The van der Waals surface area contributed by atoms with Gasteiger partial charge in [-0.05, 0) is 25.1 Å². The summed E-state index contributed by atoms with van der Waals surface area (Å²) in [4.78, 5) is 35.7. The molecule has 3 rings (SSSR count). The number of anilines is 1. The van der Waals surface area contributed by atoms with Gasteiger partial charge in [0.1, 0.15) is 5.56 Å². The predicted molar refractivity (Wildman–Crippen MR) is 95.0 cm³/mol. The smallest absolute Gasteiger partial charge is 0.274 e. The van der Waals surface area contributed by atoms with Gasteiger partial charge in [0.25, 0.3) is 11.6 Å². The molecule has 1 heterocycles. The Labute approximate surface area is 142 Å². The molecule has 0 bridgehead atoms. The molecule has 1 amide bonds. The second-order valence-electron chi connectivity index (χ2n) is 5.66. The Balaban J connectivity index is 2.05. The third kappa shape index (κ3) is 2.87. The lowest BCUT2D eigenvalue weighted by Gasteiger charge is -2.11. The molecule has 0 aliphatic rings. The number of nitro groups is 1. The van der Waals surface area contributed by atoms with Gasteiger partial charge in [-0.15, -0.1) is 0 Å². The first-order valence-electron chi connectivity index (χ1n) is 7.54. The van der Waals surface area contributed by atoms with E-state index in [1.807, 2.05) is 6.07 Å². The summed E-state index contributed by atoms with van der Waals surface area (Å²) in [5.74, 6) is -0.602. The molecular formula is C18H15N3O4. The van der Waals surface area contributed by atoms with Crippen LogP contribution in [0.3, 0.4) is 0 Å². The van der Waals surface area contributed by atoms with Crippen molar-refractivity contribution in [3.05, 3.63) is 80.1 Å². The van der Waals surface area contributed by atoms with Gasteiger partial charge in [-0.1, -0.05) is 18.2 Å². The molecule has 0 radical (unpaired) electrons. The van der Waals surface area contributed by atoms with Crippen molar-refractivity contribution < 1.29 is 9.72 Å². The van der Waals surface area contributed by atoms with Crippen molar-refractivity contribution in [2.24, 2.45) is 7.05 Å². The fourth-order valence-corrected chi connectivity index (χ4v) is 2.75. The highest BCUT2D eigenvalue weighted by molar-refractivity contribution is 6.06. The quantitative estimate of drug-likeness (QED) is 0.587. The van der Waals surface area contributed by atoms with Crippen LogP contribution in [-0.4, -0.2) is 15.4 Å². The number of amides is 1. The minimum atomic E-state index is -0.602.